The number of rotatable bonds is 4. The first-order valence-corrected chi connectivity index (χ1v) is 7.53. The molecule has 3 nitrogen and oxygen atoms in total. The first-order valence-electron chi connectivity index (χ1n) is 7.53. The normalized spacial score (nSPS) is 8.42. The minimum absolute atomic E-state index is 0.180. The summed E-state index contributed by atoms with van der Waals surface area (Å²) in [5.74, 6) is -0.423. The number of hydrogen-bond acceptors (Lipinski definition) is 3. The molecule has 0 amide bonds. The van der Waals surface area contributed by atoms with Crippen LogP contribution >= 0.6 is 0 Å². The van der Waals surface area contributed by atoms with E-state index in [-0.39, 0.29) is 5.76 Å². The smallest absolute Gasteiger partial charge is 0.336 e. The van der Waals surface area contributed by atoms with E-state index in [2.05, 4.69) is 47.9 Å². The van der Waals surface area contributed by atoms with Crippen molar-refractivity contribution in [2.75, 3.05) is 0 Å². The van der Waals surface area contributed by atoms with Crippen LogP contribution in [0, 0.1) is 11.3 Å². The van der Waals surface area contributed by atoms with Gasteiger partial charge in [0.25, 0.3) is 0 Å². The molecule has 2 aromatic rings. The van der Waals surface area contributed by atoms with Crippen molar-refractivity contribution in [3.05, 3.63) is 108 Å². The van der Waals surface area contributed by atoms with Crippen molar-refractivity contribution in [1.82, 2.24) is 0 Å². The summed E-state index contributed by atoms with van der Waals surface area (Å²) in [5, 5.41) is 8.86. The zero-order chi connectivity index (χ0) is 18.8. The lowest BCUT2D eigenvalue weighted by Crippen LogP contribution is -1.99. The van der Waals surface area contributed by atoms with Gasteiger partial charge in [-0.3, -0.25) is 0 Å². The van der Waals surface area contributed by atoms with Gasteiger partial charge < -0.3 is 4.74 Å². The van der Waals surface area contributed by atoms with Crippen molar-refractivity contribution in [3.63, 3.8) is 0 Å². The number of carbonyl (C=O) groups excluding carboxylic acids is 1. The lowest BCUT2D eigenvalue weighted by molar-refractivity contribution is -0.131. The van der Waals surface area contributed by atoms with Gasteiger partial charge in [-0.2, -0.15) is 5.26 Å². The quantitative estimate of drug-likeness (QED) is 0.352. The minimum Gasteiger partial charge on any atom is -0.413 e. The van der Waals surface area contributed by atoms with Crippen molar-refractivity contribution in [2.24, 2.45) is 0 Å². The van der Waals surface area contributed by atoms with Crippen LogP contribution in [0.15, 0.2) is 96.4 Å². The Morgan fingerprint density at radius 1 is 0.962 bits per heavy atom. The second kappa shape index (κ2) is 9.17. The summed E-state index contributed by atoms with van der Waals surface area (Å²) in [5.41, 5.74) is 15.9. The minimum atomic E-state index is -0.603. The monoisotopic (exact) mass is 335 g/mol. The lowest BCUT2D eigenvalue weighted by atomic mass is 10.0. The maximum atomic E-state index is 11.5. The molecule has 2 aromatic carbocycles. The molecule has 0 saturated carbocycles. The summed E-state index contributed by atoms with van der Waals surface area (Å²) in [4.78, 5) is 11.5. The third kappa shape index (κ3) is 4.89. The standard InChI is InChI=1S/C23H13NO2/c1-3-5-6-7-8-22(26-23(25)4-2)21-15-13-20(14-16-21)19-11-9-18(17-24)10-12-19/h4,9-16H,1-2H2. The maximum absolute atomic E-state index is 11.5. The van der Waals surface area contributed by atoms with E-state index in [1.54, 1.807) is 24.3 Å². The molecular formula is C23H13NO2. The molecule has 0 radical (unpaired) electrons. The van der Waals surface area contributed by atoms with Crippen molar-refractivity contribution >= 4 is 11.7 Å². The predicted molar refractivity (Wildman–Crippen MR) is 99.5 cm³/mol. The second-order valence-corrected chi connectivity index (χ2v) is 4.90. The summed E-state index contributed by atoms with van der Waals surface area (Å²) >= 11 is 0. The Morgan fingerprint density at radius 3 is 2.12 bits per heavy atom. The van der Waals surface area contributed by atoms with E-state index in [0.29, 0.717) is 11.1 Å². The summed E-state index contributed by atoms with van der Waals surface area (Å²) in [7, 11) is 0. The molecule has 0 aromatic heterocycles. The van der Waals surface area contributed by atoms with E-state index in [4.69, 9.17) is 10.00 Å². The van der Waals surface area contributed by atoms with E-state index in [1.807, 2.05) is 24.3 Å². The van der Waals surface area contributed by atoms with Crippen LogP contribution in [0.3, 0.4) is 0 Å². The van der Waals surface area contributed by atoms with E-state index in [1.165, 1.54) is 0 Å². The largest absolute Gasteiger partial charge is 0.413 e. The van der Waals surface area contributed by atoms with E-state index < -0.39 is 5.97 Å². The fourth-order valence-electron chi connectivity index (χ4n) is 2.01. The van der Waals surface area contributed by atoms with Gasteiger partial charge in [0.1, 0.15) is 0 Å². The summed E-state index contributed by atoms with van der Waals surface area (Å²) < 4.78 is 5.19. The topological polar surface area (TPSA) is 50.1 Å². The number of hydrogen-bond donors (Lipinski definition) is 0. The summed E-state index contributed by atoms with van der Waals surface area (Å²) in [6.45, 7) is 6.74. The Hall–Kier alpha value is -4.22. The molecule has 3 heteroatoms. The molecule has 0 fully saturated rings. The fourth-order valence-corrected chi connectivity index (χ4v) is 2.01. The number of benzene rings is 2. The van der Waals surface area contributed by atoms with Gasteiger partial charge in [0.05, 0.1) is 11.6 Å². The summed E-state index contributed by atoms with van der Waals surface area (Å²) in [6.07, 6.45) is 1.07. The van der Waals surface area contributed by atoms with Crippen LogP contribution in [0.4, 0.5) is 0 Å². The van der Waals surface area contributed by atoms with Gasteiger partial charge in [0.15, 0.2) is 5.76 Å². The van der Waals surface area contributed by atoms with Crippen molar-refractivity contribution in [3.8, 4) is 17.2 Å². The highest BCUT2D eigenvalue weighted by atomic mass is 16.5. The lowest BCUT2D eigenvalue weighted by Gasteiger charge is -2.06. The van der Waals surface area contributed by atoms with Gasteiger partial charge in [-0.1, -0.05) is 36.6 Å². The van der Waals surface area contributed by atoms with Crippen molar-refractivity contribution in [1.29, 1.82) is 5.26 Å². The molecule has 0 aliphatic heterocycles. The predicted octanol–water partition coefficient (Wildman–Crippen LogP) is 4.70. The van der Waals surface area contributed by atoms with Gasteiger partial charge >= 0.3 is 5.97 Å². The Bertz CT molecular complexity index is 1070. The first-order chi connectivity index (χ1) is 12.7. The van der Waals surface area contributed by atoms with Crippen molar-refractivity contribution < 1.29 is 9.53 Å². The molecule has 0 bridgehead atoms. The number of nitrogens with zero attached hydrogens (tertiary/aromatic N) is 1. The third-order valence-electron chi connectivity index (χ3n) is 3.25. The van der Waals surface area contributed by atoms with Crippen LogP contribution in [-0.2, 0) is 9.53 Å². The SMILES string of the molecule is C=C=C=C=C=C=C(OC(=O)C=C)c1ccc(-c2ccc(C#N)cc2)cc1. The molecular weight excluding hydrogens is 322 g/mol. The third-order valence-corrected chi connectivity index (χ3v) is 3.25. The average Bonchev–Trinajstić information content (AvgIpc) is 2.70. The number of carbonyl (C=O) groups is 1. The molecule has 0 N–H and O–H groups in total. The van der Waals surface area contributed by atoms with Crippen LogP contribution in [0.5, 0.6) is 0 Å². The number of esters is 1. The highest BCUT2D eigenvalue weighted by Gasteiger charge is 2.07. The van der Waals surface area contributed by atoms with Crippen LogP contribution in [0.25, 0.3) is 16.9 Å². The van der Waals surface area contributed by atoms with Crippen molar-refractivity contribution in [2.45, 2.75) is 0 Å². The van der Waals surface area contributed by atoms with Gasteiger partial charge in [-0.05, 0) is 64.9 Å². The number of ether oxygens (including phenoxy) is 1. The first kappa shape index (κ1) is 18.1. The van der Waals surface area contributed by atoms with E-state index >= 15 is 0 Å². The Kier molecular flexibility index (Phi) is 6.39. The molecule has 122 valence electrons. The van der Waals surface area contributed by atoms with Gasteiger partial charge in [-0.15, -0.1) is 0 Å². The summed E-state index contributed by atoms with van der Waals surface area (Å²) in [6, 6.07) is 16.7. The molecule has 0 unspecified atom stereocenters. The van der Waals surface area contributed by atoms with Crippen LogP contribution in [0.2, 0.25) is 0 Å². The van der Waals surface area contributed by atoms with Gasteiger partial charge in [0.2, 0.25) is 0 Å². The van der Waals surface area contributed by atoms with Crippen LogP contribution < -0.4 is 0 Å². The highest BCUT2D eigenvalue weighted by molar-refractivity contribution is 5.86. The molecule has 0 spiro atoms. The zero-order valence-corrected chi connectivity index (χ0v) is 13.9. The van der Waals surface area contributed by atoms with Crippen LogP contribution in [-0.4, -0.2) is 5.97 Å². The van der Waals surface area contributed by atoms with Gasteiger partial charge in [0, 0.05) is 11.6 Å². The number of nitriles is 1. The Balaban J connectivity index is 2.43. The molecule has 0 atom stereocenters. The molecule has 0 aliphatic carbocycles. The van der Waals surface area contributed by atoms with E-state index in [0.717, 1.165) is 17.2 Å². The Labute approximate surface area is 151 Å². The zero-order valence-electron chi connectivity index (χ0n) is 13.9. The second-order valence-electron chi connectivity index (χ2n) is 4.90. The molecule has 0 heterocycles. The Morgan fingerprint density at radius 2 is 1.58 bits per heavy atom. The molecule has 26 heavy (non-hydrogen) atoms. The van der Waals surface area contributed by atoms with Crippen LogP contribution in [0.1, 0.15) is 11.1 Å². The van der Waals surface area contributed by atoms with E-state index in [9.17, 15) is 4.79 Å². The maximum Gasteiger partial charge on any atom is 0.336 e. The fraction of sp³-hybridized carbons (Fsp3) is 0. The molecule has 0 saturated heterocycles. The average molecular weight is 335 g/mol. The highest BCUT2D eigenvalue weighted by Crippen LogP contribution is 2.23. The molecule has 2 rings (SSSR count). The molecule has 0 aliphatic rings. The van der Waals surface area contributed by atoms with Gasteiger partial charge in [-0.25, -0.2) is 4.79 Å².